The molecule has 24 heavy (non-hydrogen) atoms. The quantitative estimate of drug-likeness (QED) is 0.412. The molecule has 0 radical (unpaired) electrons. The minimum absolute atomic E-state index is 0.910. The SMILES string of the molecule is CC.CC.CN=Nc1ccc(C)cc1.c1ccc2ccccc2c1. The molecule has 2 nitrogen and oxygen atoms in total. The van der Waals surface area contributed by atoms with Crippen LogP contribution < -0.4 is 0 Å². The van der Waals surface area contributed by atoms with Crippen molar-refractivity contribution in [2.75, 3.05) is 7.05 Å². The molecular weight excluding hydrogens is 292 g/mol. The van der Waals surface area contributed by atoms with Crippen LogP contribution in [0.3, 0.4) is 0 Å². The van der Waals surface area contributed by atoms with Crippen LogP contribution in [0.15, 0.2) is 83.0 Å². The molecule has 0 fully saturated rings. The highest BCUT2D eigenvalue weighted by Crippen LogP contribution is 2.12. The third-order valence-corrected chi connectivity index (χ3v) is 2.91. The van der Waals surface area contributed by atoms with E-state index in [-0.39, 0.29) is 0 Å². The number of benzene rings is 3. The number of nitrogens with zero attached hydrogens (tertiary/aromatic N) is 2. The lowest BCUT2D eigenvalue weighted by Crippen LogP contribution is -1.67. The third kappa shape index (κ3) is 8.23. The van der Waals surface area contributed by atoms with Crippen molar-refractivity contribution in [3.63, 3.8) is 0 Å². The van der Waals surface area contributed by atoms with E-state index in [2.05, 4.69) is 58.8 Å². The topological polar surface area (TPSA) is 24.7 Å². The van der Waals surface area contributed by atoms with E-state index in [1.54, 1.807) is 7.05 Å². The Morgan fingerprint density at radius 2 is 0.958 bits per heavy atom. The van der Waals surface area contributed by atoms with Gasteiger partial charge in [-0.3, -0.25) is 0 Å². The third-order valence-electron chi connectivity index (χ3n) is 2.91. The number of aryl methyl sites for hydroxylation is 1. The molecule has 0 spiro atoms. The van der Waals surface area contributed by atoms with Crippen LogP contribution in [0.2, 0.25) is 0 Å². The Labute approximate surface area is 147 Å². The van der Waals surface area contributed by atoms with E-state index in [0.717, 1.165) is 5.69 Å². The summed E-state index contributed by atoms with van der Waals surface area (Å²) in [6.07, 6.45) is 0. The van der Waals surface area contributed by atoms with Gasteiger partial charge in [0.2, 0.25) is 0 Å². The van der Waals surface area contributed by atoms with Crippen LogP contribution in [0, 0.1) is 6.92 Å². The minimum atomic E-state index is 0.910. The fourth-order valence-electron chi connectivity index (χ4n) is 1.86. The van der Waals surface area contributed by atoms with Crippen molar-refractivity contribution in [3.05, 3.63) is 78.4 Å². The first-order valence-electron chi connectivity index (χ1n) is 8.60. The largest absolute Gasteiger partial charge is 0.192 e. The smallest absolute Gasteiger partial charge is 0.0852 e. The molecule has 0 saturated heterocycles. The van der Waals surface area contributed by atoms with Crippen molar-refractivity contribution < 1.29 is 0 Å². The summed E-state index contributed by atoms with van der Waals surface area (Å²) in [7, 11) is 1.67. The molecule has 3 aromatic rings. The minimum Gasteiger partial charge on any atom is -0.192 e. The van der Waals surface area contributed by atoms with Gasteiger partial charge in [0.25, 0.3) is 0 Å². The maximum absolute atomic E-state index is 3.87. The van der Waals surface area contributed by atoms with Gasteiger partial charge in [-0.15, -0.1) is 0 Å². The summed E-state index contributed by atoms with van der Waals surface area (Å²) in [5.74, 6) is 0. The lowest BCUT2D eigenvalue weighted by atomic mass is 10.1. The van der Waals surface area contributed by atoms with Crippen molar-refractivity contribution in [2.45, 2.75) is 34.6 Å². The Morgan fingerprint density at radius 1 is 0.583 bits per heavy atom. The molecule has 0 bridgehead atoms. The molecule has 3 rings (SSSR count). The van der Waals surface area contributed by atoms with Crippen molar-refractivity contribution in [2.24, 2.45) is 10.2 Å². The van der Waals surface area contributed by atoms with Gasteiger partial charge in [-0.2, -0.15) is 10.2 Å². The van der Waals surface area contributed by atoms with Gasteiger partial charge in [0, 0.05) is 7.05 Å². The molecule has 0 heterocycles. The van der Waals surface area contributed by atoms with Gasteiger partial charge < -0.3 is 0 Å². The van der Waals surface area contributed by atoms with Crippen LogP contribution in [-0.2, 0) is 0 Å². The Hall–Kier alpha value is -2.48. The van der Waals surface area contributed by atoms with E-state index in [4.69, 9.17) is 0 Å². The number of hydrogen-bond acceptors (Lipinski definition) is 2. The highest BCUT2D eigenvalue weighted by Gasteiger charge is 1.86. The first-order chi connectivity index (χ1) is 11.8. The molecule has 0 unspecified atom stereocenters. The normalized spacial score (nSPS) is 9.08. The number of fused-ring (bicyclic) bond motifs is 1. The second kappa shape index (κ2) is 14.1. The Morgan fingerprint density at radius 3 is 1.29 bits per heavy atom. The van der Waals surface area contributed by atoms with Crippen molar-refractivity contribution in [1.29, 1.82) is 0 Å². The van der Waals surface area contributed by atoms with Gasteiger partial charge in [-0.25, -0.2) is 0 Å². The van der Waals surface area contributed by atoms with Crippen LogP contribution in [0.25, 0.3) is 10.8 Å². The van der Waals surface area contributed by atoms with Gasteiger partial charge in [-0.05, 0) is 29.8 Å². The van der Waals surface area contributed by atoms with E-state index < -0.39 is 0 Å². The second-order valence-corrected chi connectivity index (χ2v) is 4.48. The summed E-state index contributed by atoms with van der Waals surface area (Å²) < 4.78 is 0. The van der Waals surface area contributed by atoms with E-state index in [1.165, 1.54) is 16.3 Å². The molecule has 0 N–H and O–H groups in total. The zero-order chi connectivity index (χ0) is 18.2. The van der Waals surface area contributed by atoms with E-state index in [0.29, 0.717) is 0 Å². The van der Waals surface area contributed by atoms with Crippen LogP contribution in [-0.4, -0.2) is 7.05 Å². The van der Waals surface area contributed by atoms with Crippen LogP contribution in [0.1, 0.15) is 33.3 Å². The van der Waals surface area contributed by atoms with Gasteiger partial charge in [0.05, 0.1) is 5.69 Å². The molecule has 128 valence electrons. The highest BCUT2D eigenvalue weighted by atomic mass is 15.1. The molecule has 0 saturated carbocycles. The van der Waals surface area contributed by atoms with Crippen molar-refractivity contribution in [1.82, 2.24) is 0 Å². The molecule has 3 aromatic carbocycles. The van der Waals surface area contributed by atoms with Gasteiger partial charge >= 0.3 is 0 Å². The van der Waals surface area contributed by atoms with Gasteiger partial charge in [0.15, 0.2) is 0 Å². The summed E-state index contributed by atoms with van der Waals surface area (Å²) in [4.78, 5) is 0. The predicted molar refractivity (Wildman–Crippen MR) is 108 cm³/mol. The molecule has 0 amide bonds. The van der Waals surface area contributed by atoms with Crippen LogP contribution in [0.5, 0.6) is 0 Å². The molecule has 0 aromatic heterocycles. The molecule has 0 atom stereocenters. The fraction of sp³-hybridized carbons (Fsp3) is 0.273. The highest BCUT2D eigenvalue weighted by molar-refractivity contribution is 5.81. The average Bonchev–Trinajstić information content (AvgIpc) is 2.68. The molecule has 0 aliphatic rings. The summed E-state index contributed by atoms with van der Waals surface area (Å²) >= 11 is 0. The zero-order valence-electron chi connectivity index (χ0n) is 15.8. The average molecular weight is 322 g/mol. The summed E-state index contributed by atoms with van der Waals surface area (Å²) in [5, 5.41) is 10.2. The molecular formula is C22H30N2. The fourth-order valence-corrected chi connectivity index (χ4v) is 1.86. The monoisotopic (exact) mass is 322 g/mol. The summed E-state index contributed by atoms with van der Waals surface area (Å²) in [5.41, 5.74) is 2.16. The predicted octanol–water partition coefficient (Wildman–Crippen LogP) is 7.60. The second-order valence-electron chi connectivity index (χ2n) is 4.48. The van der Waals surface area contributed by atoms with E-state index in [9.17, 15) is 0 Å². The van der Waals surface area contributed by atoms with E-state index in [1.807, 2.05) is 58.9 Å². The molecule has 2 heteroatoms. The number of hydrogen-bond donors (Lipinski definition) is 0. The van der Waals surface area contributed by atoms with E-state index >= 15 is 0 Å². The Kier molecular flexibility index (Phi) is 12.7. The lowest BCUT2D eigenvalue weighted by Gasteiger charge is -1.92. The lowest BCUT2D eigenvalue weighted by molar-refractivity contribution is 1.17. The van der Waals surface area contributed by atoms with Crippen LogP contribution >= 0.6 is 0 Å². The van der Waals surface area contributed by atoms with Crippen LogP contribution in [0.4, 0.5) is 5.69 Å². The zero-order valence-corrected chi connectivity index (χ0v) is 15.8. The van der Waals surface area contributed by atoms with Crippen molar-refractivity contribution >= 4 is 16.5 Å². The summed E-state index contributed by atoms with van der Waals surface area (Å²) in [6.45, 7) is 10.0. The van der Waals surface area contributed by atoms with Gasteiger partial charge in [0.1, 0.15) is 0 Å². The Bertz CT molecular complexity index is 620. The number of azo groups is 1. The van der Waals surface area contributed by atoms with Gasteiger partial charge in [-0.1, -0.05) is 93.9 Å². The maximum Gasteiger partial charge on any atom is 0.0852 e. The van der Waals surface area contributed by atoms with Crippen molar-refractivity contribution in [3.8, 4) is 0 Å². The first kappa shape index (κ1) is 21.5. The summed E-state index contributed by atoms with van der Waals surface area (Å²) in [6, 6.07) is 24.6. The molecule has 0 aliphatic carbocycles. The first-order valence-corrected chi connectivity index (χ1v) is 8.60. The maximum atomic E-state index is 3.87. The Balaban J connectivity index is 0.000000366. The standard InChI is InChI=1S/C10H8.C8H10N2.2C2H6/c1-2-6-10-8-4-3-7-9(10)5-1;1-7-3-5-8(6-4-7)10-9-2;2*1-2/h1-8H;3-6H,1-2H3;2*1-2H3. The number of rotatable bonds is 1. The molecule has 0 aliphatic heterocycles.